The number of thioether (sulfide) groups is 1. The minimum atomic E-state index is -0.414. The minimum absolute atomic E-state index is 0.0179. The van der Waals surface area contributed by atoms with E-state index in [1.807, 2.05) is 35.2 Å². The fraction of sp³-hybridized carbons (Fsp3) is 0.467. The second-order valence-electron chi connectivity index (χ2n) is 6.47. The van der Waals surface area contributed by atoms with E-state index >= 15 is 0 Å². The number of hydrogen-bond donors (Lipinski definition) is 1. The maximum atomic E-state index is 12.2. The van der Waals surface area contributed by atoms with E-state index < -0.39 is 6.04 Å². The zero-order valence-corrected chi connectivity index (χ0v) is 13.8. The summed E-state index contributed by atoms with van der Waals surface area (Å²) in [5, 5.41) is 12.2. The van der Waals surface area contributed by atoms with Crippen LogP contribution in [0.15, 0.2) is 30.3 Å². The normalized spacial score (nSPS) is 28.6. The molecule has 120 valence electrons. The van der Waals surface area contributed by atoms with Gasteiger partial charge in [0.15, 0.2) is 5.82 Å². The highest BCUT2D eigenvalue weighted by molar-refractivity contribution is 8.01. The molecule has 1 aromatic heterocycles. The zero-order chi connectivity index (χ0) is 16.2. The van der Waals surface area contributed by atoms with Gasteiger partial charge in [-0.15, -0.1) is 16.9 Å². The number of β-lactam (4-membered cyclic amide) rings is 1. The predicted molar refractivity (Wildman–Crippen MR) is 86.4 cm³/mol. The molecule has 8 heteroatoms. The summed E-state index contributed by atoms with van der Waals surface area (Å²) in [5.41, 5.74) is 7.05. The molecule has 4 rings (SSSR count). The van der Waals surface area contributed by atoms with Gasteiger partial charge in [-0.05, 0) is 29.8 Å². The van der Waals surface area contributed by atoms with E-state index in [-0.39, 0.29) is 22.1 Å². The van der Waals surface area contributed by atoms with Gasteiger partial charge in [-0.3, -0.25) is 4.79 Å². The van der Waals surface area contributed by atoms with Gasteiger partial charge >= 0.3 is 0 Å². The van der Waals surface area contributed by atoms with Crippen LogP contribution in [0.4, 0.5) is 0 Å². The average molecular weight is 330 g/mol. The molecule has 2 unspecified atom stereocenters. The van der Waals surface area contributed by atoms with Crippen LogP contribution in [0.3, 0.4) is 0 Å². The highest BCUT2D eigenvalue weighted by Crippen LogP contribution is 2.56. The first-order chi connectivity index (χ1) is 11.0. The monoisotopic (exact) mass is 330 g/mol. The predicted octanol–water partition coefficient (Wildman–Crippen LogP) is 0.783. The molecule has 2 N–H and O–H groups in total. The van der Waals surface area contributed by atoms with E-state index in [1.165, 1.54) is 0 Å². The van der Waals surface area contributed by atoms with Crippen LogP contribution in [0.1, 0.15) is 31.3 Å². The number of carbonyl (C=O) groups is 1. The number of nitrogens with zero attached hydrogens (tertiary/aromatic N) is 5. The smallest absolute Gasteiger partial charge is 0.244 e. The summed E-state index contributed by atoms with van der Waals surface area (Å²) in [5.74, 6) is 0.696. The molecule has 0 aliphatic carbocycles. The quantitative estimate of drug-likeness (QED) is 0.837. The van der Waals surface area contributed by atoms with E-state index in [9.17, 15) is 4.79 Å². The van der Waals surface area contributed by atoms with Crippen molar-refractivity contribution in [1.82, 2.24) is 25.1 Å². The first kappa shape index (κ1) is 14.6. The molecule has 23 heavy (non-hydrogen) atoms. The first-order valence-corrected chi connectivity index (χ1v) is 8.42. The summed E-state index contributed by atoms with van der Waals surface area (Å²) in [6.45, 7) is 4.81. The maximum Gasteiger partial charge on any atom is 0.244 e. The fourth-order valence-electron chi connectivity index (χ4n) is 3.34. The summed E-state index contributed by atoms with van der Waals surface area (Å²) < 4.78 is 1.60. The molecule has 2 fully saturated rings. The van der Waals surface area contributed by atoms with Crippen LogP contribution in [-0.4, -0.2) is 47.2 Å². The number of hydrogen-bond acceptors (Lipinski definition) is 6. The zero-order valence-electron chi connectivity index (χ0n) is 13.0. The van der Waals surface area contributed by atoms with E-state index in [0.29, 0.717) is 12.4 Å². The van der Waals surface area contributed by atoms with Gasteiger partial charge in [0.2, 0.25) is 5.91 Å². The van der Waals surface area contributed by atoms with Crippen molar-refractivity contribution in [3.8, 4) is 0 Å². The summed E-state index contributed by atoms with van der Waals surface area (Å²) in [6, 6.07) is 9.45. The van der Waals surface area contributed by atoms with Crippen LogP contribution in [-0.2, 0) is 11.3 Å². The fourth-order valence-corrected chi connectivity index (χ4v) is 4.91. The Balaban J connectivity index is 1.68. The van der Waals surface area contributed by atoms with Gasteiger partial charge in [0, 0.05) is 4.75 Å². The van der Waals surface area contributed by atoms with Crippen LogP contribution < -0.4 is 5.73 Å². The van der Waals surface area contributed by atoms with Crippen LogP contribution in [0, 0.1) is 0 Å². The molecule has 2 saturated heterocycles. The molecular formula is C15H18N6OS. The molecule has 3 atom stereocenters. The molecule has 0 bridgehead atoms. The van der Waals surface area contributed by atoms with Crippen molar-refractivity contribution in [2.75, 3.05) is 0 Å². The van der Waals surface area contributed by atoms with Gasteiger partial charge in [-0.1, -0.05) is 30.3 Å². The molecule has 0 saturated carbocycles. The van der Waals surface area contributed by atoms with E-state index in [2.05, 4.69) is 29.4 Å². The number of fused-ring (bicyclic) bond motifs is 1. The third-order valence-corrected chi connectivity index (χ3v) is 6.05. The van der Waals surface area contributed by atoms with Crippen molar-refractivity contribution in [2.24, 2.45) is 5.73 Å². The van der Waals surface area contributed by atoms with Crippen LogP contribution >= 0.6 is 11.8 Å². The lowest BCUT2D eigenvalue weighted by Gasteiger charge is -2.42. The Bertz CT molecular complexity index is 745. The summed E-state index contributed by atoms with van der Waals surface area (Å²) in [6.07, 6.45) is 0. The van der Waals surface area contributed by atoms with Gasteiger partial charge in [0.25, 0.3) is 0 Å². The number of benzene rings is 1. The maximum absolute atomic E-state index is 12.2. The van der Waals surface area contributed by atoms with Crippen molar-refractivity contribution in [1.29, 1.82) is 0 Å². The Morgan fingerprint density at radius 3 is 2.78 bits per heavy atom. The SMILES string of the molecule is CC1(C)S[C@@H]2C(N)C(=O)N2C1c1nnnn1Cc1ccccc1. The van der Waals surface area contributed by atoms with Crippen molar-refractivity contribution in [2.45, 2.75) is 42.6 Å². The van der Waals surface area contributed by atoms with E-state index in [4.69, 9.17) is 5.73 Å². The van der Waals surface area contributed by atoms with Crippen LogP contribution in [0.25, 0.3) is 0 Å². The molecule has 2 aromatic rings. The Hall–Kier alpha value is -1.93. The lowest BCUT2D eigenvalue weighted by atomic mass is 9.95. The number of amides is 1. The lowest BCUT2D eigenvalue weighted by Crippen LogP contribution is -2.65. The van der Waals surface area contributed by atoms with Crippen LogP contribution in [0.2, 0.25) is 0 Å². The van der Waals surface area contributed by atoms with Gasteiger partial charge in [-0.25, -0.2) is 4.68 Å². The topological polar surface area (TPSA) is 89.9 Å². The molecule has 2 aliphatic heterocycles. The van der Waals surface area contributed by atoms with Gasteiger partial charge in [0.05, 0.1) is 6.54 Å². The summed E-state index contributed by atoms with van der Waals surface area (Å²) in [7, 11) is 0. The highest BCUT2D eigenvalue weighted by atomic mass is 32.2. The van der Waals surface area contributed by atoms with E-state index in [0.717, 1.165) is 5.56 Å². The number of carbonyl (C=O) groups excluding carboxylic acids is 1. The molecule has 2 aliphatic rings. The molecule has 0 spiro atoms. The average Bonchev–Trinajstić information content (AvgIpc) is 3.07. The number of aromatic nitrogens is 4. The highest BCUT2D eigenvalue weighted by Gasteiger charge is 2.61. The largest absolute Gasteiger partial charge is 0.317 e. The van der Waals surface area contributed by atoms with Gasteiger partial charge in [-0.2, -0.15) is 0 Å². The van der Waals surface area contributed by atoms with Crippen LogP contribution in [0.5, 0.6) is 0 Å². The second kappa shape index (κ2) is 5.04. The summed E-state index contributed by atoms with van der Waals surface area (Å²) >= 11 is 1.72. The third kappa shape index (κ3) is 2.16. The number of tetrazole rings is 1. The Morgan fingerprint density at radius 1 is 1.30 bits per heavy atom. The number of nitrogens with two attached hydrogens (primary N) is 1. The standard InChI is InChI=1S/C15H18N6OS/c1-15(2)11(21-13(22)10(16)14(21)23-15)12-17-18-19-20(12)8-9-6-4-3-5-7-9/h3-7,10-11,14H,8,16H2,1-2H3/t10?,11?,14-/m1/s1. The Labute approximate surface area is 138 Å². The molecular weight excluding hydrogens is 312 g/mol. The molecule has 3 heterocycles. The van der Waals surface area contributed by atoms with E-state index in [1.54, 1.807) is 16.4 Å². The molecule has 1 aromatic carbocycles. The molecule has 0 radical (unpaired) electrons. The second-order valence-corrected chi connectivity index (χ2v) is 8.24. The minimum Gasteiger partial charge on any atom is -0.317 e. The first-order valence-electron chi connectivity index (χ1n) is 7.54. The summed E-state index contributed by atoms with van der Waals surface area (Å²) in [4.78, 5) is 14.1. The molecule has 7 nitrogen and oxygen atoms in total. The van der Waals surface area contributed by atoms with Gasteiger partial charge < -0.3 is 10.6 Å². The number of rotatable bonds is 3. The molecule has 1 amide bonds. The van der Waals surface area contributed by atoms with Crippen molar-refractivity contribution >= 4 is 17.7 Å². The van der Waals surface area contributed by atoms with Gasteiger partial charge in [0.1, 0.15) is 17.5 Å². The van der Waals surface area contributed by atoms with Crippen molar-refractivity contribution < 1.29 is 4.79 Å². The lowest BCUT2D eigenvalue weighted by molar-refractivity contribution is -0.147. The Morgan fingerprint density at radius 2 is 2.04 bits per heavy atom. The van der Waals surface area contributed by atoms with Crippen molar-refractivity contribution in [3.63, 3.8) is 0 Å². The Kier molecular flexibility index (Phi) is 3.21. The van der Waals surface area contributed by atoms with Crippen molar-refractivity contribution in [3.05, 3.63) is 41.7 Å². The third-order valence-electron chi connectivity index (χ3n) is 4.46.